The number of aromatic amines is 1. The van der Waals surface area contributed by atoms with E-state index in [1.165, 1.54) is 11.8 Å². The molecule has 1 fully saturated rings. The summed E-state index contributed by atoms with van der Waals surface area (Å²) in [7, 11) is 1.77. The van der Waals surface area contributed by atoms with Gasteiger partial charge in [0.25, 0.3) is 0 Å². The van der Waals surface area contributed by atoms with Crippen LogP contribution < -0.4 is 10.2 Å². The van der Waals surface area contributed by atoms with Gasteiger partial charge in [0, 0.05) is 42.8 Å². The zero-order valence-electron chi connectivity index (χ0n) is 16.4. The van der Waals surface area contributed by atoms with Crippen LogP contribution in [-0.4, -0.2) is 41.3 Å². The fraction of sp³-hybridized carbons (Fsp3) is 0.429. The molecule has 0 saturated carbocycles. The lowest BCUT2D eigenvalue weighted by Gasteiger charge is -2.26. The number of anilines is 3. The molecule has 1 aliphatic rings. The molecule has 6 nitrogen and oxygen atoms in total. The fourth-order valence-corrected chi connectivity index (χ4v) is 3.83. The van der Waals surface area contributed by atoms with Crippen LogP contribution in [0.2, 0.25) is 0 Å². The van der Waals surface area contributed by atoms with Crippen molar-refractivity contribution >= 4 is 40.8 Å². The Bertz CT molecular complexity index is 913. The van der Waals surface area contributed by atoms with Crippen LogP contribution >= 0.6 is 12.4 Å². The number of methoxy groups -OCH3 is 1. The van der Waals surface area contributed by atoms with Crippen molar-refractivity contribution < 1.29 is 4.74 Å². The molecule has 1 aliphatic heterocycles. The van der Waals surface area contributed by atoms with E-state index in [4.69, 9.17) is 14.7 Å². The molecule has 0 spiro atoms. The zero-order chi connectivity index (χ0) is 18.6. The summed E-state index contributed by atoms with van der Waals surface area (Å²) in [6.45, 7) is 3.93. The first-order chi connectivity index (χ1) is 13.3. The van der Waals surface area contributed by atoms with Gasteiger partial charge in [0.2, 0.25) is 5.95 Å². The smallest absolute Gasteiger partial charge is 0.229 e. The molecule has 2 aromatic heterocycles. The van der Waals surface area contributed by atoms with Gasteiger partial charge in [-0.2, -0.15) is 4.98 Å². The number of hydrogen-bond donors (Lipinski definition) is 2. The second kappa shape index (κ2) is 9.26. The Balaban J connectivity index is 0.00000225. The van der Waals surface area contributed by atoms with Gasteiger partial charge in [0.15, 0.2) is 0 Å². The summed E-state index contributed by atoms with van der Waals surface area (Å²) >= 11 is 0. The molecular weight excluding hydrogens is 374 g/mol. The van der Waals surface area contributed by atoms with Gasteiger partial charge in [-0.1, -0.05) is 19.4 Å². The van der Waals surface area contributed by atoms with E-state index in [0.717, 1.165) is 55.1 Å². The van der Waals surface area contributed by atoms with Crippen LogP contribution in [0.1, 0.15) is 31.9 Å². The minimum atomic E-state index is 0. The fourth-order valence-electron chi connectivity index (χ4n) is 3.83. The lowest BCUT2D eigenvalue weighted by molar-refractivity contribution is 0.180. The number of halogens is 1. The van der Waals surface area contributed by atoms with Crippen molar-refractivity contribution in [2.45, 2.75) is 38.6 Å². The molecular formula is C21H28ClN5O. The summed E-state index contributed by atoms with van der Waals surface area (Å²) in [5.74, 6) is 1.65. The van der Waals surface area contributed by atoms with Crippen molar-refractivity contribution in [2.75, 3.05) is 30.5 Å². The Morgan fingerprint density at radius 2 is 2.14 bits per heavy atom. The van der Waals surface area contributed by atoms with E-state index in [9.17, 15) is 0 Å². The third kappa shape index (κ3) is 4.39. The highest BCUT2D eigenvalue weighted by atomic mass is 35.5. The first kappa shape index (κ1) is 20.4. The monoisotopic (exact) mass is 401 g/mol. The van der Waals surface area contributed by atoms with Crippen molar-refractivity contribution in [3.8, 4) is 0 Å². The molecule has 0 radical (unpaired) electrons. The van der Waals surface area contributed by atoms with Crippen LogP contribution in [-0.2, 0) is 11.2 Å². The third-order valence-corrected chi connectivity index (χ3v) is 5.11. The van der Waals surface area contributed by atoms with Gasteiger partial charge in [0.1, 0.15) is 5.82 Å². The van der Waals surface area contributed by atoms with E-state index >= 15 is 0 Å². The van der Waals surface area contributed by atoms with E-state index in [1.807, 2.05) is 6.20 Å². The molecule has 7 heteroatoms. The molecule has 0 bridgehead atoms. The molecule has 0 amide bonds. The highest BCUT2D eigenvalue weighted by molar-refractivity contribution is 5.85. The summed E-state index contributed by atoms with van der Waals surface area (Å²) in [5.41, 5.74) is 3.16. The molecule has 3 aromatic rings. The lowest BCUT2D eigenvalue weighted by Crippen LogP contribution is -2.33. The molecule has 2 N–H and O–H groups in total. The molecule has 4 rings (SSSR count). The molecule has 0 aliphatic carbocycles. The Kier molecular flexibility index (Phi) is 6.75. The van der Waals surface area contributed by atoms with Gasteiger partial charge in [-0.05, 0) is 42.8 Å². The standard InChI is InChI=1S/C21H27N5O.ClH/c1-3-5-16-13-20(26-11-4-6-18(26)14-27-2)25-21(23-16)24-17-8-7-15-9-10-22-19(15)12-17;/h7-10,12-13,18,22H,3-6,11,14H2,1-2H3,(H,23,24,25);1H/t18-;/m0./s1. The topological polar surface area (TPSA) is 66.1 Å². The maximum Gasteiger partial charge on any atom is 0.229 e. The maximum absolute atomic E-state index is 5.41. The van der Waals surface area contributed by atoms with Crippen molar-refractivity contribution in [3.05, 3.63) is 42.2 Å². The molecule has 1 saturated heterocycles. The van der Waals surface area contributed by atoms with E-state index in [1.54, 1.807) is 7.11 Å². The molecule has 150 valence electrons. The second-order valence-corrected chi connectivity index (χ2v) is 7.14. The number of fused-ring (bicyclic) bond motifs is 1. The maximum atomic E-state index is 5.41. The Morgan fingerprint density at radius 3 is 2.96 bits per heavy atom. The van der Waals surface area contributed by atoms with Gasteiger partial charge in [0.05, 0.1) is 12.6 Å². The normalized spacial score (nSPS) is 16.4. The first-order valence-electron chi connectivity index (χ1n) is 9.74. The van der Waals surface area contributed by atoms with E-state index < -0.39 is 0 Å². The Morgan fingerprint density at radius 1 is 1.25 bits per heavy atom. The number of hydrogen-bond acceptors (Lipinski definition) is 5. The van der Waals surface area contributed by atoms with Gasteiger partial charge < -0.3 is 19.9 Å². The van der Waals surface area contributed by atoms with Gasteiger partial charge >= 0.3 is 0 Å². The van der Waals surface area contributed by atoms with Gasteiger partial charge in [-0.3, -0.25) is 0 Å². The molecule has 28 heavy (non-hydrogen) atoms. The SMILES string of the molecule is CCCc1cc(N2CCC[C@H]2COC)nc(Nc2ccc3cc[nH]c3c2)n1.Cl. The Hall–Kier alpha value is -2.31. The first-order valence-corrected chi connectivity index (χ1v) is 9.74. The van der Waals surface area contributed by atoms with Crippen molar-refractivity contribution in [1.82, 2.24) is 15.0 Å². The van der Waals surface area contributed by atoms with E-state index in [-0.39, 0.29) is 12.4 Å². The number of H-pyrrole nitrogens is 1. The van der Waals surface area contributed by atoms with Crippen LogP contribution in [0.25, 0.3) is 10.9 Å². The minimum absolute atomic E-state index is 0. The molecule has 1 atom stereocenters. The molecule has 3 heterocycles. The number of ether oxygens (including phenoxy) is 1. The second-order valence-electron chi connectivity index (χ2n) is 7.14. The van der Waals surface area contributed by atoms with Gasteiger partial charge in [-0.15, -0.1) is 12.4 Å². The summed E-state index contributed by atoms with van der Waals surface area (Å²) < 4.78 is 5.41. The Labute approximate surface area is 172 Å². The van der Waals surface area contributed by atoms with Crippen molar-refractivity contribution in [3.63, 3.8) is 0 Å². The molecule has 0 unspecified atom stereocenters. The number of nitrogens with zero attached hydrogens (tertiary/aromatic N) is 3. The van der Waals surface area contributed by atoms with Crippen LogP contribution in [0.4, 0.5) is 17.5 Å². The van der Waals surface area contributed by atoms with E-state index in [2.05, 4.69) is 52.5 Å². The summed E-state index contributed by atoms with van der Waals surface area (Å²) in [6.07, 6.45) is 6.28. The third-order valence-electron chi connectivity index (χ3n) is 5.11. The number of rotatable bonds is 7. The van der Waals surface area contributed by atoms with Crippen LogP contribution in [0, 0.1) is 0 Å². The lowest BCUT2D eigenvalue weighted by atomic mass is 10.2. The van der Waals surface area contributed by atoms with Crippen molar-refractivity contribution in [1.29, 1.82) is 0 Å². The van der Waals surface area contributed by atoms with Gasteiger partial charge in [-0.25, -0.2) is 4.98 Å². The van der Waals surface area contributed by atoms with E-state index in [0.29, 0.717) is 12.0 Å². The predicted octanol–water partition coefficient (Wildman–Crippen LogP) is 4.69. The number of aromatic nitrogens is 3. The predicted molar refractivity (Wildman–Crippen MR) is 117 cm³/mol. The summed E-state index contributed by atoms with van der Waals surface area (Å²) in [6, 6.07) is 10.8. The number of benzene rings is 1. The van der Waals surface area contributed by atoms with Crippen LogP contribution in [0.5, 0.6) is 0 Å². The quantitative estimate of drug-likeness (QED) is 0.601. The van der Waals surface area contributed by atoms with Crippen molar-refractivity contribution in [2.24, 2.45) is 0 Å². The number of nitrogens with one attached hydrogen (secondary N) is 2. The zero-order valence-corrected chi connectivity index (χ0v) is 17.3. The average molecular weight is 402 g/mol. The summed E-state index contributed by atoms with van der Waals surface area (Å²) in [4.78, 5) is 15.2. The largest absolute Gasteiger partial charge is 0.383 e. The highest BCUT2D eigenvalue weighted by Crippen LogP contribution is 2.27. The summed E-state index contributed by atoms with van der Waals surface area (Å²) in [5, 5.41) is 4.59. The molecule has 1 aromatic carbocycles. The minimum Gasteiger partial charge on any atom is -0.383 e. The van der Waals surface area contributed by atoms with Crippen LogP contribution in [0.3, 0.4) is 0 Å². The average Bonchev–Trinajstić information content (AvgIpc) is 3.31. The number of aryl methyl sites for hydroxylation is 1. The highest BCUT2D eigenvalue weighted by Gasteiger charge is 2.26. The van der Waals surface area contributed by atoms with Crippen LogP contribution in [0.15, 0.2) is 36.5 Å².